The van der Waals surface area contributed by atoms with Crippen LogP contribution in [0, 0.1) is 6.92 Å². The SMILES string of the molecule is CCc1ccc(C)n2nc(-c3cc[n+](C)cc3)[n+](C)c12. The minimum atomic E-state index is 0.995. The zero-order chi connectivity index (χ0) is 14.3. The number of aromatic nitrogens is 4. The number of hydrogen-bond donors (Lipinski definition) is 0. The molecule has 0 radical (unpaired) electrons. The van der Waals surface area contributed by atoms with Crippen molar-refractivity contribution in [2.75, 3.05) is 0 Å². The van der Waals surface area contributed by atoms with Gasteiger partial charge in [0.05, 0.1) is 17.7 Å². The average molecular weight is 268 g/mol. The topological polar surface area (TPSA) is 25.1 Å². The molecule has 3 aromatic rings. The average Bonchev–Trinajstić information content (AvgIpc) is 2.80. The lowest BCUT2D eigenvalue weighted by Gasteiger charge is -1.98. The van der Waals surface area contributed by atoms with Crippen LogP contribution in [-0.2, 0) is 20.5 Å². The van der Waals surface area contributed by atoms with E-state index in [-0.39, 0.29) is 0 Å². The largest absolute Gasteiger partial charge is 0.310 e. The molecule has 0 aliphatic carbocycles. The molecular weight excluding hydrogens is 248 g/mol. The third kappa shape index (κ3) is 1.88. The summed E-state index contributed by atoms with van der Waals surface area (Å²) in [4.78, 5) is 0. The summed E-state index contributed by atoms with van der Waals surface area (Å²) in [7, 11) is 4.11. The molecule has 0 saturated heterocycles. The number of fused-ring (bicyclic) bond motifs is 1. The molecule has 3 rings (SSSR count). The first-order chi connectivity index (χ1) is 9.61. The van der Waals surface area contributed by atoms with Gasteiger partial charge < -0.3 is 0 Å². The third-order valence-electron chi connectivity index (χ3n) is 3.80. The van der Waals surface area contributed by atoms with Crippen LogP contribution in [0.25, 0.3) is 17.0 Å². The second kappa shape index (κ2) is 4.71. The van der Waals surface area contributed by atoms with Crippen molar-refractivity contribution in [3.05, 3.63) is 47.9 Å². The van der Waals surface area contributed by atoms with Gasteiger partial charge in [0, 0.05) is 17.7 Å². The molecule has 0 aliphatic heterocycles. The van der Waals surface area contributed by atoms with Gasteiger partial charge in [0.2, 0.25) is 0 Å². The highest BCUT2D eigenvalue weighted by Crippen LogP contribution is 2.16. The Labute approximate surface area is 118 Å². The maximum absolute atomic E-state index is 4.79. The molecule has 0 fully saturated rings. The highest BCUT2D eigenvalue weighted by Gasteiger charge is 2.23. The Morgan fingerprint density at radius 3 is 2.45 bits per heavy atom. The lowest BCUT2D eigenvalue weighted by atomic mass is 10.2. The first-order valence-corrected chi connectivity index (χ1v) is 6.94. The van der Waals surface area contributed by atoms with Crippen LogP contribution in [0.2, 0.25) is 0 Å². The van der Waals surface area contributed by atoms with Crippen LogP contribution in [0.15, 0.2) is 36.7 Å². The van der Waals surface area contributed by atoms with Crippen LogP contribution in [0.3, 0.4) is 0 Å². The Balaban J connectivity index is 2.30. The molecular formula is C16H20N4+2. The predicted molar refractivity (Wildman–Crippen MR) is 77.1 cm³/mol. The minimum absolute atomic E-state index is 0.995. The standard InChI is InChI=1S/C16H20N4/c1-5-13-7-6-12(2)20-16(13)19(4)15(17-20)14-8-10-18(3)11-9-14/h6-11H,5H2,1-4H3/q+2. The van der Waals surface area contributed by atoms with Gasteiger partial charge in [-0.15, -0.1) is 0 Å². The van der Waals surface area contributed by atoms with Gasteiger partial charge in [0.15, 0.2) is 12.4 Å². The molecule has 0 unspecified atom stereocenters. The van der Waals surface area contributed by atoms with E-state index in [0.717, 1.165) is 23.5 Å². The zero-order valence-corrected chi connectivity index (χ0v) is 12.5. The van der Waals surface area contributed by atoms with Crippen LogP contribution in [0.1, 0.15) is 18.2 Å². The highest BCUT2D eigenvalue weighted by molar-refractivity contribution is 5.53. The lowest BCUT2D eigenvalue weighted by Crippen LogP contribution is -2.31. The van der Waals surface area contributed by atoms with Crippen molar-refractivity contribution in [2.24, 2.45) is 14.1 Å². The maximum atomic E-state index is 4.79. The first kappa shape index (κ1) is 12.8. The Morgan fingerprint density at radius 1 is 1.10 bits per heavy atom. The minimum Gasteiger partial charge on any atom is -0.226 e. The van der Waals surface area contributed by atoms with Crippen LogP contribution < -0.4 is 9.13 Å². The van der Waals surface area contributed by atoms with Crippen LogP contribution in [-0.4, -0.2) is 9.61 Å². The third-order valence-corrected chi connectivity index (χ3v) is 3.80. The van der Waals surface area contributed by atoms with Crippen molar-refractivity contribution in [3.63, 3.8) is 0 Å². The van der Waals surface area contributed by atoms with Gasteiger partial charge in [-0.1, -0.05) is 11.4 Å². The Morgan fingerprint density at radius 2 is 1.80 bits per heavy atom. The fourth-order valence-electron chi connectivity index (χ4n) is 2.59. The van der Waals surface area contributed by atoms with Crippen molar-refractivity contribution in [1.82, 2.24) is 9.61 Å². The zero-order valence-electron chi connectivity index (χ0n) is 12.5. The molecule has 0 saturated carbocycles. The number of pyridine rings is 2. The van der Waals surface area contributed by atoms with Crippen LogP contribution in [0.5, 0.6) is 0 Å². The van der Waals surface area contributed by atoms with E-state index in [1.807, 2.05) is 28.5 Å². The molecule has 0 aromatic carbocycles. The number of hydrogen-bond acceptors (Lipinski definition) is 1. The molecule has 20 heavy (non-hydrogen) atoms. The fraction of sp³-hybridized carbons (Fsp3) is 0.312. The summed E-state index contributed by atoms with van der Waals surface area (Å²) in [5.41, 5.74) is 4.78. The summed E-state index contributed by atoms with van der Waals surface area (Å²) in [6, 6.07) is 8.53. The van der Waals surface area contributed by atoms with E-state index >= 15 is 0 Å². The van der Waals surface area contributed by atoms with E-state index in [9.17, 15) is 0 Å². The van der Waals surface area contributed by atoms with Gasteiger partial charge >= 0.3 is 5.82 Å². The molecule has 0 amide bonds. The molecule has 4 heteroatoms. The molecule has 0 N–H and O–H groups in total. The predicted octanol–water partition coefficient (Wildman–Crippen LogP) is 1.52. The molecule has 0 aliphatic rings. The van der Waals surface area contributed by atoms with E-state index in [2.05, 4.69) is 49.7 Å². The second-order valence-electron chi connectivity index (χ2n) is 5.22. The summed E-state index contributed by atoms with van der Waals surface area (Å²) in [6.07, 6.45) is 5.10. The summed E-state index contributed by atoms with van der Waals surface area (Å²) in [5.74, 6) is 0.995. The summed E-state index contributed by atoms with van der Waals surface area (Å²) in [6.45, 7) is 4.27. The first-order valence-electron chi connectivity index (χ1n) is 6.94. The summed E-state index contributed by atoms with van der Waals surface area (Å²) in [5, 5.41) is 4.79. The van der Waals surface area contributed by atoms with Gasteiger partial charge in [0.25, 0.3) is 5.65 Å². The summed E-state index contributed by atoms with van der Waals surface area (Å²) < 4.78 is 6.25. The van der Waals surface area contributed by atoms with Crippen LogP contribution in [0.4, 0.5) is 0 Å². The van der Waals surface area contributed by atoms with E-state index in [0.29, 0.717) is 0 Å². The number of nitrogens with zero attached hydrogens (tertiary/aromatic N) is 4. The van der Waals surface area contributed by atoms with E-state index < -0.39 is 0 Å². The van der Waals surface area contributed by atoms with E-state index in [4.69, 9.17) is 5.10 Å². The Hall–Kier alpha value is -2.23. The lowest BCUT2D eigenvalue weighted by molar-refractivity contribution is -0.671. The monoisotopic (exact) mass is 268 g/mol. The molecule has 3 aromatic heterocycles. The van der Waals surface area contributed by atoms with Crippen molar-refractivity contribution in [2.45, 2.75) is 20.3 Å². The van der Waals surface area contributed by atoms with Crippen LogP contribution >= 0.6 is 0 Å². The maximum Gasteiger partial charge on any atom is 0.310 e. The number of rotatable bonds is 2. The van der Waals surface area contributed by atoms with Gasteiger partial charge in [-0.2, -0.15) is 0 Å². The molecule has 0 bridgehead atoms. The summed E-state index contributed by atoms with van der Waals surface area (Å²) >= 11 is 0. The quantitative estimate of drug-likeness (QED) is 0.647. The number of aryl methyl sites for hydroxylation is 4. The van der Waals surface area contributed by atoms with Crippen molar-refractivity contribution in [1.29, 1.82) is 0 Å². The van der Waals surface area contributed by atoms with Gasteiger partial charge in [0.1, 0.15) is 12.7 Å². The molecule has 102 valence electrons. The normalized spacial score (nSPS) is 11.2. The molecule has 3 heterocycles. The van der Waals surface area contributed by atoms with Gasteiger partial charge in [-0.25, -0.2) is 9.13 Å². The van der Waals surface area contributed by atoms with Gasteiger partial charge in [-0.05, 0) is 25.5 Å². The fourth-order valence-corrected chi connectivity index (χ4v) is 2.59. The smallest absolute Gasteiger partial charge is 0.226 e. The molecule has 0 spiro atoms. The molecule has 0 atom stereocenters. The van der Waals surface area contributed by atoms with E-state index in [1.54, 1.807) is 0 Å². The Bertz CT molecular complexity index is 769. The van der Waals surface area contributed by atoms with Crippen molar-refractivity contribution < 1.29 is 9.13 Å². The molecule has 4 nitrogen and oxygen atoms in total. The second-order valence-corrected chi connectivity index (χ2v) is 5.22. The Kier molecular flexibility index (Phi) is 3.01. The van der Waals surface area contributed by atoms with Crippen molar-refractivity contribution >= 4 is 5.65 Å². The highest BCUT2D eigenvalue weighted by atomic mass is 15.3. The van der Waals surface area contributed by atoms with Gasteiger partial charge in [-0.3, -0.25) is 0 Å². The van der Waals surface area contributed by atoms with E-state index in [1.165, 1.54) is 11.2 Å². The van der Waals surface area contributed by atoms with Crippen molar-refractivity contribution in [3.8, 4) is 11.4 Å².